The van der Waals surface area contributed by atoms with Gasteiger partial charge in [0.2, 0.25) is 0 Å². The van der Waals surface area contributed by atoms with E-state index in [9.17, 15) is 9.18 Å². The van der Waals surface area contributed by atoms with E-state index in [1.54, 1.807) is 12.1 Å². The molecule has 0 saturated carbocycles. The van der Waals surface area contributed by atoms with Crippen molar-refractivity contribution in [2.45, 2.75) is 54.9 Å². The molecule has 4 nitrogen and oxygen atoms in total. The van der Waals surface area contributed by atoms with Gasteiger partial charge in [0, 0.05) is 11.1 Å². The number of nitrogen functional groups attached to an aromatic ring is 1. The minimum absolute atomic E-state index is 0.124. The molecular weight excluding hydrogens is 377 g/mol. The van der Waals surface area contributed by atoms with Gasteiger partial charge in [-0.05, 0) is 62.2 Å². The van der Waals surface area contributed by atoms with Gasteiger partial charge in [-0.25, -0.2) is 9.37 Å². The van der Waals surface area contributed by atoms with Crippen molar-refractivity contribution in [2.75, 3.05) is 12.8 Å². The van der Waals surface area contributed by atoms with Crippen LogP contribution in [0.1, 0.15) is 70.9 Å². The standard InChI is InChI=1S/C15H13FN2O.C5H12.C4H10.CH5N/c1-3-14-13(17)6-7-15(18-14)11-8-10(9(2)19)4-5-12(11)16;1-4-5(2)3;1-4(2)3;1-2/h3-8H,1,17H2,2H3;5H,4H2,1-3H3;4H,1-3H3;2H2,1H3. The third-order valence-electron chi connectivity index (χ3n) is 3.62. The molecule has 30 heavy (non-hydrogen) atoms. The molecule has 4 N–H and O–H groups in total. The summed E-state index contributed by atoms with van der Waals surface area (Å²) < 4.78 is 13.8. The fourth-order valence-corrected chi connectivity index (χ4v) is 1.74. The zero-order valence-electron chi connectivity index (χ0n) is 19.9. The Morgan fingerprint density at radius 1 is 1.13 bits per heavy atom. The predicted molar refractivity (Wildman–Crippen MR) is 130 cm³/mol. The van der Waals surface area contributed by atoms with Crippen molar-refractivity contribution in [1.29, 1.82) is 0 Å². The van der Waals surface area contributed by atoms with Crippen LogP contribution in [0.5, 0.6) is 0 Å². The van der Waals surface area contributed by atoms with E-state index in [1.165, 1.54) is 44.7 Å². The van der Waals surface area contributed by atoms with Gasteiger partial charge in [-0.2, -0.15) is 0 Å². The number of nitrogens with zero attached hydrogens (tertiary/aromatic N) is 1. The van der Waals surface area contributed by atoms with Crippen LogP contribution < -0.4 is 11.5 Å². The maximum Gasteiger partial charge on any atom is 0.159 e. The van der Waals surface area contributed by atoms with Gasteiger partial charge < -0.3 is 11.5 Å². The van der Waals surface area contributed by atoms with Crippen molar-refractivity contribution in [3.05, 3.63) is 54.0 Å². The summed E-state index contributed by atoms with van der Waals surface area (Å²) in [6.07, 6.45) is 2.81. The lowest BCUT2D eigenvalue weighted by atomic mass is 10.0. The summed E-state index contributed by atoms with van der Waals surface area (Å²) >= 11 is 0. The molecule has 2 aromatic rings. The Bertz CT molecular complexity index is 768. The maximum absolute atomic E-state index is 13.8. The normalized spacial score (nSPS) is 9.47. The minimum Gasteiger partial charge on any atom is -0.397 e. The smallest absolute Gasteiger partial charge is 0.159 e. The lowest BCUT2D eigenvalue weighted by Crippen LogP contribution is -1.98. The number of hydrogen-bond acceptors (Lipinski definition) is 4. The molecule has 1 heterocycles. The second kappa shape index (κ2) is 16.3. The van der Waals surface area contributed by atoms with Gasteiger partial charge in [0.05, 0.1) is 17.1 Å². The molecule has 0 amide bonds. The molecule has 0 aliphatic heterocycles. The van der Waals surface area contributed by atoms with Crippen LogP contribution in [0.2, 0.25) is 0 Å². The molecule has 0 bridgehead atoms. The monoisotopic (exact) mass is 417 g/mol. The number of Topliss-reactive ketones (excluding diaryl/α,β-unsaturated/α-hetero) is 1. The fraction of sp³-hybridized carbons (Fsp3) is 0.440. The van der Waals surface area contributed by atoms with Crippen LogP contribution in [0.15, 0.2) is 36.9 Å². The zero-order chi connectivity index (χ0) is 23.9. The molecule has 0 radical (unpaired) electrons. The summed E-state index contributed by atoms with van der Waals surface area (Å²) in [4.78, 5) is 15.6. The first-order valence-corrected chi connectivity index (χ1v) is 10.3. The first-order valence-electron chi connectivity index (χ1n) is 10.3. The average Bonchev–Trinajstić information content (AvgIpc) is 2.70. The Kier molecular flexibility index (Phi) is 16.1. The molecule has 0 saturated heterocycles. The number of aromatic nitrogens is 1. The van der Waals surface area contributed by atoms with Gasteiger partial charge in [-0.1, -0.05) is 54.5 Å². The van der Waals surface area contributed by atoms with Crippen LogP contribution in [0.4, 0.5) is 10.1 Å². The molecular formula is C25H40FN3O. The van der Waals surface area contributed by atoms with E-state index >= 15 is 0 Å². The van der Waals surface area contributed by atoms with Crippen molar-refractivity contribution in [3.8, 4) is 11.3 Å². The minimum atomic E-state index is -0.433. The molecule has 0 aliphatic carbocycles. The van der Waals surface area contributed by atoms with Crippen LogP contribution in [0.25, 0.3) is 17.3 Å². The second-order valence-corrected chi connectivity index (χ2v) is 7.66. The number of carbonyl (C=O) groups excluding carboxylic acids is 1. The topological polar surface area (TPSA) is 82.0 Å². The number of nitrogens with two attached hydrogens (primary N) is 2. The number of carbonyl (C=O) groups is 1. The highest BCUT2D eigenvalue weighted by Crippen LogP contribution is 2.25. The van der Waals surface area contributed by atoms with Gasteiger partial charge in [-0.15, -0.1) is 0 Å². The van der Waals surface area contributed by atoms with Crippen LogP contribution in [0, 0.1) is 17.7 Å². The number of rotatable bonds is 4. The fourth-order valence-electron chi connectivity index (χ4n) is 1.74. The summed E-state index contributed by atoms with van der Waals surface area (Å²) in [6, 6.07) is 7.46. The Labute approximate surface area is 182 Å². The van der Waals surface area contributed by atoms with Gasteiger partial charge in [0.15, 0.2) is 5.78 Å². The molecule has 5 heteroatoms. The molecule has 0 spiro atoms. The molecule has 2 rings (SSSR count). The lowest BCUT2D eigenvalue weighted by molar-refractivity contribution is 0.101. The second-order valence-electron chi connectivity index (χ2n) is 7.66. The SMILES string of the molecule is C=Cc1nc(-c2cc(C(C)=O)ccc2F)ccc1N.CC(C)C.CCC(C)C.CN. The maximum atomic E-state index is 13.8. The molecule has 0 atom stereocenters. The molecule has 0 unspecified atom stereocenters. The van der Waals surface area contributed by atoms with Crippen molar-refractivity contribution in [1.82, 2.24) is 4.98 Å². The number of benzene rings is 1. The third kappa shape index (κ3) is 12.1. The summed E-state index contributed by atoms with van der Waals surface area (Å²) in [5, 5.41) is 0. The van der Waals surface area contributed by atoms with E-state index in [0.29, 0.717) is 22.6 Å². The van der Waals surface area contributed by atoms with Crippen molar-refractivity contribution < 1.29 is 9.18 Å². The highest BCUT2D eigenvalue weighted by atomic mass is 19.1. The third-order valence-corrected chi connectivity index (χ3v) is 3.62. The van der Waals surface area contributed by atoms with E-state index in [1.807, 2.05) is 0 Å². The van der Waals surface area contributed by atoms with E-state index in [0.717, 1.165) is 11.8 Å². The summed E-state index contributed by atoms with van der Waals surface area (Å²) in [5.74, 6) is 1.16. The number of halogens is 1. The van der Waals surface area contributed by atoms with E-state index in [4.69, 9.17) is 5.73 Å². The van der Waals surface area contributed by atoms with Gasteiger partial charge in [-0.3, -0.25) is 4.79 Å². The zero-order valence-corrected chi connectivity index (χ0v) is 19.9. The molecule has 0 fully saturated rings. The first kappa shape index (κ1) is 29.7. The Hall–Kier alpha value is -2.53. The molecule has 1 aromatic heterocycles. The number of hydrogen-bond donors (Lipinski definition) is 2. The number of ketones is 1. The van der Waals surface area contributed by atoms with Crippen molar-refractivity contribution >= 4 is 17.5 Å². The van der Waals surface area contributed by atoms with Crippen LogP contribution in [-0.4, -0.2) is 17.8 Å². The highest BCUT2D eigenvalue weighted by Gasteiger charge is 2.11. The van der Waals surface area contributed by atoms with E-state index in [-0.39, 0.29) is 11.3 Å². The highest BCUT2D eigenvalue weighted by molar-refractivity contribution is 5.95. The molecule has 0 aliphatic rings. The predicted octanol–water partition coefficient (Wildman–Crippen LogP) is 6.61. The Morgan fingerprint density at radius 2 is 1.63 bits per heavy atom. The summed E-state index contributed by atoms with van der Waals surface area (Å²) in [7, 11) is 1.50. The van der Waals surface area contributed by atoms with Crippen LogP contribution >= 0.6 is 0 Å². The van der Waals surface area contributed by atoms with Crippen LogP contribution in [-0.2, 0) is 0 Å². The lowest BCUT2D eigenvalue weighted by Gasteiger charge is -2.07. The Balaban J connectivity index is 0. The average molecular weight is 418 g/mol. The molecule has 168 valence electrons. The van der Waals surface area contributed by atoms with Gasteiger partial charge in [0.25, 0.3) is 0 Å². The largest absolute Gasteiger partial charge is 0.397 e. The van der Waals surface area contributed by atoms with E-state index < -0.39 is 5.82 Å². The molecule has 1 aromatic carbocycles. The Morgan fingerprint density at radius 3 is 2.03 bits per heavy atom. The van der Waals surface area contributed by atoms with Crippen molar-refractivity contribution in [3.63, 3.8) is 0 Å². The van der Waals surface area contributed by atoms with Gasteiger partial charge in [0.1, 0.15) is 5.82 Å². The first-order chi connectivity index (χ1) is 14.0. The quantitative estimate of drug-likeness (QED) is 0.549. The number of pyridine rings is 1. The van der Waals surface area contributed by atoms with Gasteiger partial charge >= 0.3 is 0 Å². The number of anilines is 1. The van der Waals surface area contributed by atoms with Crippen LogP contribution in [0.3, 0.4) is 0 Å². The summed E-state index contributed by atoms with van der Waals surface area (Å²) in [6.45, 7) is 18.2. The summed E-state index contributed by atoms with van der Waals surface area (Å²) in [5.41, 5.74) is 12.3. The van der Waals surface area contributed by atoms with Crippen molar-refractivity contribution in [2.24, 2.45) is 17.6 Å². The van der Waals surface area contributed by atoms with E-state index in [2.05, 4.69) is 58.8 Å².